The van der Waals surface area contributed by atoms with Crippen LogP contribution in [0.4, 0.5) is 4.39 Å². The van der Waals surface area contributed by atoms with Crippen LogP contribution < -0.4 is 0 Å². The molecule has 0 spiro atoms. The molecule has 0 bridgehead atoms. The molecule has 0 aliphatic rings. The van der Waals surface area contributed by atoms with Gasteiger partial charge in [0.25, 0.3) is 0 Å². The third-order valence-corrected chi connectivity index (χ3v) is 2.46. The molecule has 0 aliphatic heterocycles. The monoisotopic (exact) mass is 261 g/mol. The quantitative estimate of drug-likeness (QED) is 0.779. The van der Waals surface area contributed by atoms with Gasteiger partial charge in [-0.25, -0.2) is 4.39 Å². The van der Waals surface area contributed by atoms with E-state index in [0.717, 1.165) is 5.39 Å². The lowest BCUT2D eigenvalue weighted by Crippen LogP contribution is -2.25. The number of pyridine rings is 1. The third kappa shape index (κ3) is 3.74. The highest BCUT2D eigenvalue weighted by Crippen LogP contribution is 2.15. The molecule has 3 nitrogen and oxygen atoms in total. The first kappa shape index (κ1) is 13.5. The first-order chi connectivity index (χ1) is 8.83. The van der Waals surface area contributed by atoms with Crippen molar-refractivity contribution < 1.29 is 13.9 Å². The van der Waals surface area contributed by atoms with Crippen LogP contribution in [0.5, 0.6) is 0 Å². The molecule has 0 saturated carbocycles. The summed E-state index contributed by atoms with van der Waals surface area (Å²) in [6.45, 7) is 5.44. The second kappa shape index (κ2) is 4.96. The summed E-state index contributed by atoms with van der Waals surface area (Å²) < 4.78 is 18.3. The number of carbonyl (C=O) groups is 1. The number of esters is 1. The highest BCUT2D eigenvalue weighted by molar-refractivity contribution is 5.80. The molecule has 1 aromatic heterocycles. The fraction of sp³-hybridized carbons (Fsp3) is 0.333. The molecule has 0 radical (unpaired) electrons. The Morgan fingerprint density at radius 2 is 1.95 bits per heavy atom. The van der Waals surface area contributed by atoms with E-state index in [1.807, 2.05) is 26.8 Å². The van der Waals surface area contributed by atoms with Crippen molar-refractivity contribution in [3.8, 4) is 0 Å². The van der Waals surface area contributed by atoms with Crippen LogP contribution in [0.2, 0.25) is 0 Å². The van der Waals surface area contributed by atoms with Gasteiger partial charge in [0.05, 0.1) is 17.6 Å². The van der Waals surface area contributed by atoms with Gasteiger partial charge in [0.1, 0.15) is 11.4 Å². The molecule has 0 atom stereocenters. The minimum atomic E-state index is -0.514. The fourth-order valence-electron chi connectivity index (χ4n) is 1.76. The first-order valence-electron chi connectivity index (χ1n) is 6.10. The summed E-state index contributed by atoms with van der Waals surface area (Å²) in [5.74, 6) is -0.676. The van der Waals surface area contributed by atoms with Gasteiger partial charge in [0.15, 0.2) is 0 Å². The maximum absolute atomic E-state index is 13.1. The summed E-state index contributed by atoms with van der Waals surface area (Å²) in [4.78, 5) is 16.0. The molecule has 0 unspecified atom stereocenters. The molecular weight excluding hydrogens is 245 g/mol. The zero-order chi connectivity index (χ0) is 14.0. The Morgan fingerprint density at radius 1 is 1.26 bits per heavy atom. The van der Waals surface area contributed by atoms with Crippen molar-refractivity contribution in [2.24, 2.45) is 0 Å². The average Bonchev–Trinajstić information content (AvgIpc) is 2.25. The summed E-state index contributed by atoms with van der Waals surface area (Å²) >= 11 is 0. The van der Waals surface area contributed by atoms with E-state index >= 15 is 0 Å². The largest absolute Gasteiger partial charge is 0.460 e. The number of nitrogens with zero attached hydrogens (tertiary/aromatic N) is 1. The molecule has 100 valence electrons. The van der Waals surface area contributed by atoms with Crippen molar-refractivity contribution in [2.75, 3.05) is 0 Å². The number of halogens is 1. The zero-order valence-electron chi connectivity index (χ0n) is 11.2. The highest BCUT2D eigenvalue weighted by atomic mass is 19.1. The van der Waals surface area contributed by atoms with Crippen LogP contribution >= 0.6 is 0 Å². The van der Waals surface area contributed by atoms with E-state index in [-0.39, 0.29) is 18.2 Å². The van der Waals surface area contributed by atoms with E-state index in [1.54, 1.807) is 12.1 Å². The number of carbonyl (C=O) groups excluding carboxylic acids is 1. The van der Waals surface area contributed by atoms with E-state index in [1.165, 1.54) is 12.1 Å². The van der Waals surface area contributed by atoms with E-state index in [0.29, 0.717) is 11.2 Å². The fourth-order valence-corrected chi connectivity index (χ4v) is 1.76. The molecule has 0 N–H and O–H groups in total. The highest BCUT2D eigenvalue weighted by Gasteiger charge is 2.17. The molecule has 4 heteroatoms. The number of ether oxygens (including phenoxy) is 1. The van der Waals surface area contributed by atoms with Crippen molar-refractivity contribution in [3.63, 3.8) is 0 Å². The number of fused-ring (bicyclic) bond motifs is 1. The van der Waals surface area contributed by atoms with Crippen LogP contribution in [0.1, 0.15) is 26.5 Å². The third-order valence-electron chi connectivity index (χ3n) is 2.46. The molecule has 0 saturated heterocycles. The van der Waals surface area contributed by atoms with Gasteiger partial charge in [-0.3, -0.25) is 9.78 Å². The molecule has 1 aromatic carbocycles. The lowest BCUT2D eigenvalue weighted by atomic mass is 10.1. The number of rotatable bonds is 2. The minimum Gasteiger partial charge on any atom is -0.460 e. The van der Waals surface area contributed by atoms with E-state index in [4.69, 9.17) is 4.74 Å². The summed E-state index contributed by atoms with van der Waals surface area (Å²) in [6, 6.07) is 7.98. The van der Waals surface area contributed by atoms with Gasteiger partial charge in [-0.05, 0) is 39.0 Å². The predicted octanol–water partition coefficient (Wildman–Crippen LogP) is 3.26. The van der Waals surface area contributed by atoms with Gasteiger partial charge < -0.3 is 4.74 Å². The van der Waals surface area contributed by atoms with E-state index in [9.17, 15) is 9.18 Å². The smallest absolute Gasteiger partial charge is 0.312 e. The normalized spacial score (nSPS) is 11.6. The Balaban J connectivity index is 2.19. The van der Waals surface area contributed by atoms with E-state index < -0.39 is 5.60 Å². The van der Waals surface area contributed by atoms with Crippen LogP contribution in [0.3, 0.4) is 0 Å². The van der Waals surface area contributed by atoms with Crippen LogP contribution in [-0.2, 0) is 16.0 Å². The number of aromatic nitrogens is 1. The molecular formula is C15H16FNO2. The van der Waals surface area contributed by atoms with Crippen molar-refractivity contribution in [1.82, 2.24) is 4.98 Å². The first-order valence-corrected chi connectivity index (χ1v) is 6.10. The lowest BCUT2D eigenvalue weighted by Gasteiger charge is -2.19. The van der Waals surface area contributed by atoms with Crippen molar-refractivity contribution in [2.45, 2.75) is 32.8 Å². The zero-order valence-corrected chi connectivity index (χ0v) is 11.2. The molecule has 0 amide bonds. The predicted molar refractivity (Wildman–Crippen MR) is 71.3 cm³/mol. The van der Waals surface area contributed by atoms with Gasteiger partial charge in [0.2, 0.25) is 0 Å². The average molecular weight is 261 g/mol. The van der Waals surface area contributed by atoms with Gasteiger partial charge in [-0.15, -0.1) is 0 Å². The van der Waals surface area contributed by atoms with Crippen LogP contribution in [0.25, 0.3) is 10.9 Å². The maximum atomic E-state index is 13.1. The SMILES string of the molecule is CC(C)(C)OC(=O)Cc1ccc2ccc(F)cc2n1. The Hall–Kier alpha value is -1.97. The van der Waals surface area contributed by atoms with Crippen LogP contribution in [0, 0.1) is 5.82 Å². The van der Waals surface area contributed by atoms with Crippen molar-refractivity contribution >= 4 is 16.9 Å². The molecule has 2 aromatic rings. The Bertz CT molecular complexity index is 617. The van der Waals surface area contributed by atoms with Crippen LogP contribution in [0.15, 0.2) is 30.3 Å². The Labute approximate surface area is 111 Å². The standard InChI is InChI=1S/C15H16FNO2/c1-15(2,3)19-14(18)9-12-7-5-10-4-6-11(16)8-13(10)17-12/h4-8H,9H2,1-3H3. The lowest BCUT2D eigenvalue weighted by molar-refractivity contribution is -0.153. The topological polar surface area (TPSA) is 39.2 Å². The molecule has 19 heavy (non-hydrogen) atoms. The number of benzene rings is 1. The Morgan fingerprint density at radius 3 is 2.63 bits per heavy atom. The summed E-state index contributed by atoms with van der Waals surface area (Å²) in [6.07, 6.45) is 0.0870. The second-order valence-corrected chi connectivity index (χ2v) is 5.40. The summed E-state index contributed by atoms with van der Waals surface area (Å²) in [5.41, 5.74) is 0.605. The molecule has 2 rings (SSSR count). The van der Waals surface area contributed by atoms with Crippen molar-refractivity contribution in [3.05, 3.63) is 41.8 Å². The number of hydrogen-bond acceptors (Lipinski definition) is 3. The molecule has 0 aliphatic carbocycles. The summed E-state index contributed by atoms with van der Waals surface area (Å²) in [5, 5.41) is 0.842. The second-order valence-electron chi connectivity index (χ2n) is 5.40. The molecule has 0 fully saturated rings. The van der Waals surface area contributed by atoms with E-state index in [2.05, 4.69) is 4.98 Å². The maximum Gasteiger partial charge on any atom is 0.312 e. The van der Waals surface area contributed by atoms with Crippen LogP contribution in [-0.4, -0.2) is 16.6 Å². The molecule has 1 heterocycles. The van der Waals surface area contributed by atoms with Gasteiger partial charge in [-0.1, -0.05) is 6.07 Å². The van der Waals surface area contributed by atoms with Crippen molar-refractivity contribution in [1.29, 1.82) is 0 Å². The number of hydrogen-bond donors (Lipinski definition) is 0. The summed E-state index contributed by atoms with van der Waals surface area (Å²) in [7, 11) is 0. The van der Waals surface area contributed by atoms with Gasteiger partial charge in [-0.2, -0.15) is 0 Å². The Kier molecular flexibility index (Phi) is 3.51. The minimum absolute atomic E-state index is 0.0870. The van der Waals surface area contributed by atoms with Gasteiger partial charge in [0, 0.05) is 11.5 Å². The van der Waals surface area contributed by atoms with Gasteiger partial charge >= 0.3 is 5.97 Å².